The molecule has 0 aliphatic heterocycles. The summed E-state index contributed by atoms with van der Waals surface area (Å²) in [6, 6.07) is 0. The summed E-state index contributed by atoms with van der Waals surface area (Å²) in [7, 11) is 0. The van der Waals surface area contributed by atoms with Gasteiger partial charge in [-0.1, -0.05) is 32.5 Å². The van der Waals surface area contributed by atoms with Crippen molar-refractivity contribution in [1.29, 1.82) is 0 Å². The maximum absolute atomic E-state index is 12.0. The molecule has 0 radical (unpaired) electrons. The molecule has 0 aliphatic rings. The zero-order valence-electron chi connectivity index (χ0n) is 12.3. The molecule has 0 fully saturated rings. The third-order valence-corrected chi connectivity index (χ3v) is 3.61. The van der Waals surface area contributed by atoms with E-state index in [0.717, 1.165) is 0 Å². The summed E-state index contributed by atoms with van der Waals surface area (Å²) >= 11 is 1.21. The number of aliphatic hydroxyl groups excluding tert-OH is 1. The highest BCUT2D eigenvalue weighted by Gasteiger charge is 2.27. The number of hydrogen-bond donors (Lipinski definition) is 1. The normalized spacial score (nSPS) is 14.2. The summed E-state index contributed by atoms with van der Waals surface area (Å²) in [5, 5.41) is 10.1. The molecule has 0 heterocycles. The molecule has 19 heavy (non-hydrogen) atoms. The Balaban J connectivity index is 4.49. The zero-order chi connectivity index (χ0) is 14.8. The lowest BCUT2D eigenvalue weighted by Crippen LogP contribution is -2.29. The van der Waals surface area contributed by atoms with Gasteiger partial charge in [-0.05, 0) is 31.4 Å². The van der Waals surface area contributed by atoms with Gasteiger partial charge in [-0.25, -0.2) is 0 Å². The lowest BCUT2D eigenvalue weighted by atomic mass is 9.92. The van der Waals surface area contributed by atoms with Crippen molar-refractivity contribution < 1.29 is 19.4 Å². The van der Waals surface area contributed by atoms with Crippen LogP contribution in [0.1, 0.15) is 47.0 Å². The molecule has 0 aliphatic carbocycles. The molecule has 0 amide bonds. The van der Waals surface area contributed by atoms with E-state index in [9.17, 15) is 14.7 Å². The summed E-state index contributed by atoms with van der Waals surface area (Å²) in [5.41, 5.74) is 0. The predicted octanol–water partition coefficient (Wildman–Crippen LogP) is 2.63. The maximum Gasteiger partial charge on any atom is 0.305 e. The summed E-state index contributed by atoms with van der Waals surface area (Å²) in [5.74, 6) is 0.221. The fraction of sp³-hybridized carbons (Fsp3) is 0.857. The number of rotatable bonds is 9. The van der Waals surface area contributed by atoms with E-state index in [0.29, 0.717) is 31.1 Å². The highest BCUT2D eigenvalue weighted by molar-refractivity contribution is 8.13. The largest absolute Gasteiger partial charge is 0.466 e. The van der Waals surface area contributed by atoms with Crippen LogP contribution in [0.2, 0.25) is 0 Å². The highest BCUT2D eigenvalue weighted by Crippen LogP contribution is 2.24. The minimum Gasteiger partial charge on any atom is -0.466 e. The first-order chi connectivity index (χ1) is 8.92. The van der Waals surface area contributed by atoms with E-state index in [1.165, 1.54) is 11.8 Å². The van der Waals surface area contributed by atoms with E-state index in [-0.39, 0.29) is 17.5 Å². The first-order valence-electron chi connectivity index (χ1n) is 6.92. The van der Waals surface area contributed by atoms with Crippen molar-refractivity contribution in [3.8, 4) is 0 Å². The number of thioether (sulfide) groups is 1. The van der Waals surface area contributed by atoms with Crippen molar-refractivity contribution in [2.24, 2.45) is 11.8 Å². The second kappa shape index (κ2) is 10.3. The average molecular weight is 290 g/mol. The van der Waals surface area contributed by atoms with Crippen LogP contribution in [0.5, 0.6) is 0 Å². The molecule has 112 valence electrons. The Hall–Kier alpha value is -0.550. The SMILES string of the molecule is CCOC(=O)CC[C@H](C(=O)SCC)[C@H](O)CC(C)C. The Morgan fingerprint density at radius 3 is 2.37 bits per heavy atom. The summed E-state index contributed by atoms with van der Waals surface area (Å²) < 4.78 is 4.85. The smallest absolute Gasteiger partial charge is 0.305 e. The molecule has 0 rings (SSSR count). The average Bonchev–Trinajstić information content (AvgIpc) is 2.28. The van der Waals surface area contributed by atoms with Gasteiger partial charge in [-0.15, -0.1) is 0 Å². The van der Waals surface area contributed by atoms with Gasteiger partial charge in [0, 0.05) is 6.42 Å². The predicted molar refractivity (Wildman–Crippen MR) is 78.0 cm³/mol. The lowest BCUT2D eigenvalue weighted by molar-refractivity contribution is -0.143. The van der Waals surface area contributed by atoms with Crippen LogP contribution >= 0.6 is 11.8 Å². The Morgan fingerprint density at radius 2 is 1.89 bits per heavy atom. The second-order valence-corrected chi connectivity index (χ2v) is 6.17. The molecule has 0 spiro atoms. The van der Waals surface area contributed by atoms with Crippen molar-refractivity contribution in [3.63, 3.8) is 0 Å². The van der Waals surface area contributed by atoms with E-state index >= 15 is 0 Å². The molecule has 0 unspecified atom stereocenters. The number of aliphatic hydroxyl groups is 1. The van der Waals surface area contributed by atoms with Crippen molar-refractivity contribution in [2.75, 3.05) is 12.4 Å². The molecule has 2 atom stereocenters. The van der Waals surface area contributed by atoms with Gasteiger partial charge in [-0.3, -0.25) is 9.59 Å². The molecule has 5 heteroatoms. The molecule has 0 saturated heterocycles. The van der Waals surface area contributed by atoms with E-state index in [1.807, 2.05) is 20.8 Å². The second-order valence-electron chi connectivity index (χ2n) is 4.90. The molecule has 0 saturated carbocycles. The summed E-state index contributed by atoms with van der Waals surface area (Å²) in [6.07, 6.45) is 0.437. The van der Waals surface area contributed by atoms with Gasteiger partial charge in [0.1, 0.15) is 0 Å². The van der Waals surface area contributed by atoms with Crippen LogP contribution in [0.25, 0.3) is 0 Å². The van der Waals surface area contributed by atoms with Crippen LogP contribution < -0.4 is 0 Å². The van der Waals surface area contributed by atoms with Crippen LogP contribution in [0.3, 0.4) is 0 Å². The number of ether oxygens (including phenoxy) is 1. The Labute approximate surface area is 120 Å². The van der Waals surface area contributed by atoms with Gasteiger partial charge in [0.15, 0.2) is 5.12 Å². The van der Waals surface area contributed by atoms with Gasteiger partial charge < -0.3 is 9.84 Å². The molecule has 0 bridgehead atoms. The van der Waals surface area contributed by atoms with Crippen molar-refractivity contribution in [1.82, 2.24) is 0 Å². The Bertz CT molecular complexity index is 279. The maximum atomic E-state index is 12.0. The molecule has 0 aromatic carbocycles. The Kier molecular flexibility index (Phi) is 9.97. The van der Waals surface area contributed by atoms with Crippen LogP contribution in [-0.2, 0) is 14.3 Å². The van der Waals surface area contributed by atoms with E-state index in [1.54, 1.807) is 6.92 Å². The fourth-order valence-electron chi connectivity index (χ4n) is 1.87. The van der Waals surface area contributed by atoms with Crippen LogP contribution in [-0.4, -0.2) is 34.7 Å². The van der Waals surface area contributed by atoms with Gasteiger partial charge in [-0.2, -0.15) is 0 Å². The van der Waals surface area contributed by atoms with E-state index in [4.69, 9.17) is 4.74 Å². The standard InChI is InChI=1S/C14H26O4S/c1-5-18-13(16)8-7-11(14(17)19-6-2)12(15)9-10(3)4/h10-12,15H,5-9H2,1-4H3/t11-,12+/m0/s1. The monoisotopic (exact) mass is 290 g/mol. The first kappa shape index (κ1) is 18.4. The fourth-order valence-corrected chi connectivity index (χ4v) is 2.64. The van der Waals surface area contributed by atoms with Crippen molar-refractivity contribution in [3.05, 3.63) is 0 Å². The third-order valence-electron chi connectivity index (χ3n) is 2.73. The van der Waals surface area contributed by atoms with Crippen molar-refractivity contribution >= 4 is 22.8 Å². The lowest BCUT2D eigenvalue weighted by Gasteiger charge is -2.22. The van der Waals surface area contributed by atoms with E-state index < -0.39 is 12.0 Å². The number of hydrogen-bond acceptors (Lipinski definition) is 5. The van der Waals surface area contributed by atoms with Crippen LogP contribution in [0, 0.1) is 11.8 Å². The number of carbonyl (C=O) groups is 2. The first-order valence-corrected chi connectivity index (χ1v) is 7.91. The third kappa shape index (κ3) is 8.26. The minimum absolute atomic E-state index is 0.0278. The highest BCUT2D eigenvalue weighted by atomic mass is 32.2. The summed E-state index contributed by atoms with van der Waals surface area (Å²) in [6.45, 7) is 8.00. The molecule has 4 nitrogen and oxygen atoms in total. The molecule has 0 aromatic heterocycles. The number of esters is 1. The van der Waals surface area contributed by atoms with Gasteiger partial charge in [0.25, 0.3) is 0 Å². The van der Waals surface area contributed by atoms with Crippen molar-refractivity contribution in [2.45, 2.75) is 53.1 Å². The van der Waals surface area contributed by atoms with Crippen LogP contribution in [0.15, 0.2) is 0 Å². The molecule has 1 N–H and O–H groups in total. The quantitative estimate of drug-likeness (QED) is 0.661. The summed E-state index contributed by atoms with van der Waals surface area (Å²) in [4.78, 5) is 23.3. The zero-order valence-corrected chi connectivity index (χ0v) is 13.2. The van der Waals surface area contributed by atoms with Gasteiger partial charge >= 0.3 is 5.97 Å². The number of carbonyl (C=O) groups excluding carboxylic acids is 2. The van der Waals surface area contributed by atoms with Gasteiger partial charge in [0.05, 0.1) is 18.6 Å². The van der Waals surface area contributed by atoms with Gasteiger partial charge in [0.2, 0.25) is 0 Å². The molecular weight excluding hydrogens is 264 g/mol. The van der Waals surface area contributed by atoms with E-state index in [2.05, 4.69) is 0 Å². The van der Waals surface area contributed by atoms with Crippen LogP contribution in [0.4, 0.5) is 0 Å². The topological polar surface area (TPSA) is 63.6 Å². The molecule has 0 aromatic rings. The minimum atomic E-state index is -0.680. The molecular formula is C14H26O4S. The Morgan fingerprint density at radius 1 is 1.26 bits per heavy atom.